The van der Waals surface area contributed by atoms with Crippen LogP contribution in [0.4, 0.5) is 10.1 Å². The van der Waals surface area contributed by atoms with Crippen molar-refractivity contribution in [3.8, 4) is 0 Å². The number of sulfonamides is 1. The maximum Gasteiger partial charge on any atom is 0.236 e. The summed E-state index contributed by atoms with van der Waals surface area (Å²) in [5.74, 6) is -0.566. The smallest absolute Gasteiger partial charge is 0.236 e. The number of halogens is 2. The van der Waals surface area contributed by atoms with Gasteiger partial charge in [-0.05, 0) is 48.4 Å². The van der Waals surface area contributed by atoms with Gasteiger partial charge in [0.1, 0.15) is 5.82 Å². The average Bonchev–Trinajstić information content (AvgIpc) is 2.35. The number of rotatable bonds is 4. The SMILES string of the molecule is Cc1cc(F)ccc1NS(=O)(=O)Cc1ccc(Cl)cc1. The maximum atomic E-state index is 13.0. The van der Waals surface area contributed by atoms with E-state index in [2.05, 4.69) is 4.72 Å². The van der Waals surface area contributed by atoms with Crippen molar-refractivity contribution >= 4 is 27.3 Å². The number of nitrogens with one attached hydrogen (secondary N) is 1. The standard InChI is InChI=1S/C14H13ClFNO2S/c1-10-8-13(16)6-7-14(10)17-20(18,19)9-11-2-4-12(15)5-3-11/h2-8,17H,9H2,1H3. The first kappa shape index (κ1) is 14.8. The fraction of sp³-hybridized carbons (Fsp3) is 0.143. The van der Waals surface area contributed by atoms with Crippen LogP contribution in [0.1, 0.15) is 11.1 Å². The molecule has 1 N–H and O–H groups in total. The van der Waals surface area contributed by atoms with Gasteiger partial charge < -0.3 is 0 Å². The van der Waals surface area contributed by atoms with Crippen LogP contribution in [0.15, 0.2) is 42.5 Å². The first-order valence-electron chi connectivity index (χ1n) is 5.87. The highest BCUT2D eigenvalue weighted by atomic mass is 35.5. The lowest BCUT2D eigenvalue weighted by molar-refractivity contribution is 0.600. The summed E-state index contributed by atoms with van der Waals surface area (Å²) in [6, 6.07) is 10.5. The van der Waals surface area contributed by atoms with E-state index in [0.29, 0.717) is 21.8 Å². The molecule has 2 aromatic rings. The maximum absolute atomic E-state index is 13.0. The molecular formula is C14H13ClFNO2S. The van der Waals surface area contributed by atoms with Crippen molar-refractivity contribution in [3.05, 3.63) is 64.4 Å². The molecular weight excluding hydrogens is 301 g/mol. The summed E-state index contributed by atoms with van der Waals surface area (Å²) >= 11 is 5.75. The van der Waals surface area contributed by atoms with Crippen LogP contribution in [0.5, 0.6) is 0 Å². The van der Waals surface area contributed by atoms with Crippen LogP contribution < -0.4 is 4.72 Å². The summed E-state index contributed by atoms with van der Waals surface area (Å²) in [7, 11) is -3.55. The number of benzene rings is 2. The molecule has 20 heavy (non-hydrogen) atoms. The Balaban J connectivity index is 2.17. The molecule has 0 aliphatic carbocycles. The Kier molecular flexibility index (Phi) is 4.30. The van der Waals surface area contributed by atoms with E-state index < -0.39 is 15.8 Å². The lowest BCUT2D eigenvalue weighted by Crippen LogP contribution is -2.15. The second kappa shape index (κ2) is 5.81. The molecule has 0 spiro atoms. The first-order chi connectivity index (χ1) is 9.35. The molecule has 0 atom stereocenters. The fourth-order valence-electron chi connectivity index (χ4n) is 1.75. The van der Waals surface area contributed by atoms with E-state index in [1.165, 1.54) is 18.2 Å². The average molecular weight is 314 g/mol. The summed E-state index contributed by atoms with van der Waals surface area (Å²) in [5.41, 5.74) is 1.53. The van der Waals surface area contributed by atoms with Crippen molar-refractivity contribution in [2.45, 2.75) is 12.7 Å². The van der Waals surface area contributed by atoms with E-state index in [1.54, 1.807) is 31.2 Å². The number of hydrogen-bond donors (Lipinski definition) is 1. The predicted molar refractivity (Wildman–Crippen MR) is 78.8 cm³/mol. The Morgan fingerprint density at radius 2 is 1.80 bits per heavy atom. The normalized spacial score (nSPS) is 11.3. The van der Waals surface area contributed by atoms with Gasteiger partial charge in [-0.25, -0.2) is 12.8 Å². The van der Waals surface area contributed by atoms with E-state index in [0.717, 1.165) is 0 Å². The van der Waals surface area contributed by atoms with E-state index in [4.69, 9.17) is 11.6 Å². The van der Waals surface area contributed by atoms with Crippen LogP contribution >= 0.6 is 11.6 Å². The van der Waals surface area contributed by atoms with Gasteiger partial charge in [-0.3, -0.25) is 4.72 Å². The van der Waals surface area contributed by atoms with Crippen molar-refractivity contribution in [1.82, 2.24) is 0 Å². The van der Waals surface area contributed by atoms with Crippen molar-refractivity contribution in [2.24, 2.45) is 0 Å². The summed E-state index contributed by atoms with van der Waals surface area (Å²) < 4.78 is 39.5. The zero-order valence-electron chi connectivity index (χ0n) is 10.7. The Hall–Kier alpha value is -1.59. The number of hydrogen-bond acceptors (Lipinski definition) is 2. The summed E-state index contributed by atoms with van der Waals surface area (Å²) in [6.45, 7) is 1.64. The van der Waals surface area contributed by atoms with Crippen molar-refractivity contribution in [1.29, 1.82) is 0 Å². The third-order valence-corrected chi connectivity index (χ3v) is 4.22. The highest BCUT2D eigenvalue weighted by Crippen LogP contribution is 2.19. The van der Waals surface area contributed by atoms with Gasteiger partial charge in [0, 0.05) is 5.02 Å². The number of anilines is 1. The number of aryl methyl sites for hydroxylation is 1. The minimum Gasteiger partial charge on any atom is -0.283 e. The molecule has 2 aromatic carbocycles. The quantitative estimate of drug-likeness (QED) is 0.935. The largest absolute Gasteiger partial charge is 0.283 e. The zero-order valence-corrected chi connectivity index (χ0v) is 12.3. The molecule has 0 fully saturated rings. The Labute approximate surface area is 122 Å². The van der Waals surface area contributed by atoms with Gasteiger partial charge in [0.2, 0.25) is 10.0 Å². The predicted octanol–water partition coefficient (Wildman–Crippen LogP) is 3.73. The first-order valence-corrected chi connectivity index (χ1v) is 7.90. The topological polar surface area (TPSA) is 46.2 Å². The molecule has 0 amide bonds. The zero-order chi connectivity index (χ0) is 14.8. The Morgan fingerprint density at radius 3 is 2.40 bits per heavy atom. The van der Waals surface area contributed by atoms with E-state index in [-0.39, 0.29) is 5.75 Å². The van der Waals surface area contributed by atoms with Gasteiger partial charge >= 0.3 is 0 Å². The van der Waals surface area contributed by atoms with Crippen LogP contribution in [-0.4, -0.2) is 8.42 Å². The minimum absolute atomic E-state index is 0.166. The molecule has 0 aliphatic rings. The molecule has 0 aliphatic heterocycles. The van der Waals surface area contributed by atoms with Crippen LogP contribution in [-0.2, 0) is 15.8 Å². The van der Waals surface area contributed by atoms with Crippen LogP contribution in [0.25, 0.3) is 0 Å². The Bertz CT molecular complexity index is 714. The second-order valence-corrected chi connectivity index (χ2v) is 6.61. The van der Waals surface area contributed by atoms with Crippen LogP contribution in [0.3, 0.4) is 0 Å². The van der Waals surface area contributed by atoms with E-state index in [1.807, 2.05) is 0 Å². The molecule has 106 valence electrons. The molecule has 2 rings (SSSR count). The molecule has 0 radical (unpaired) electrons. The molecule has 0 bridgehead atoms. The molecule has 0 heterocycles. The van der Waals surface area contributed by atoms with Gasteiger partial charge in [-0.2, -0.15) is 0 Å². The summed E-state index contributed by atoms with van der Waals surface area (Å²) in [4.78, 5) is 0. The van der Waals surface area contributed by atoms with E-state index in [9.17, 15) is 12.8 Å². The van der Waals surface area contributed by atoms with Gasteiger partial charge in [-0.1, -0.05) is 23.7 Å². The highest BCUT2D eigenvalue weighted by molar-refractivity contribution is 7.91. The van der Waals surface area contributed by atoms with Gasteiger partial charge in [0.25, 0.3) is 0 Å². The van der Waals surface area contributed by atoms with Gasteiger partial charge in [-0.15, -0.1) is 0 Å². The third-order valence-electron chi connectivity index (χ3n) is 2.72. The lowest BCUT2D eigenvalue weighted by Gasteiger charge is -2.10. The summed E-state index contributed by atoms with van der Waals surface area (Å²) in [6.07, 6.45) is 0. The van der Waals surface area contributed by atoms with Gasteiger partial charge in [0.15, 0.2) is 0 Å². The third kappa shape index (κ3) is 3.95. The van der Waals surface area contributed by atoms with Crippen molar-refractivity contribution in [3.63, 3.8) is 0 Å². The van der Waals surface area contributed by atoms with Gasteiger partial charge in [0.05, 0.1) is 11.4 Å². The van der Waals surface area contributed by atoms with Crippen molar-refractivity contribution in [2.75, 3.05) is 4.72 Å². The molecule has 6 heteroatoms. The monoisotopic (exact) mass is 313 g/mol. The highest BCUT2D eigenvalue weighted by Gasteiger charge is 2.13. The molecule has 0 saturated heterocycles. The molecule has 0 aromatic heterocycles. The minimum atomic E-state index is -3.55. The molecule has 0 saturated carbocycles. The molecule has 0 unspecified atom stereocenters. The molecule has 3 nitrogen and oxygen atoms in total. The second-order valence-electron chi connectivity index (χ2n) is 4.45. The lowest BCUT2D eigenvalue weighted by atomic mass is 10.2. The van der Waals surface area contributed by atoms with Crippen molar-refractivity contribution < 1.29 is 12.8 Å². The van der Waals surface area contributed by atoms with Crippen LogP contribution in [0, 0.1) is 12.7 Å². The van der Waals surface area contributed by atoms with Crippen LogP contribution in [0.2, 0.25) is 5.02 Å². The fourth-order valence-corrected chi connectivity index (χ4v) is 3.14. The Morgan fingerprint density at radius 1 is 1.15 bits per heavy atom. The van der Waals surface area contributed by atoms with E-state index >= 15 is 0 Å². The summed E-state index contributed by atoms with van der Waals surface area (Å²) in [5, 5.41) is 0.550.